The average Bonchev–Trinajstić information content (AvgIpc) is 3.00. The molecule has 5 nitrogen and oxygen atoms in total. The summed E-state index contributed by atoms with van der Waals surface area (Å²) in [6.45, 7) is 6.02. The first kappa shape index (κ1) is 16.1. The van der Waals surface area contributed by atoms with Gasteiger partial charge in [-0.05, 0) is 44.0 Å². The van der Waals surface area contributed by atoms with Crippen LogP contribution >= 0.6 is 11.3 Å². The van der Waals surface area contributed by atoms with E-state index < -0.39 is 0 Å². The van der Waals surface area contributed by atoms with Crippen LogP contribution in [0.25, 0.3) is 0 Å². The van der Waals surface area contributed by atoms with Crippen molar-refractivity contribution in [1.82, 2.24) is 9.97 Å². The number of rotatable bonds is 4. The first-order valence-electron chi connectivity index (χ1n) is 7.56. The van der Waals surface area contributed by atoms with Crippen LogP contribution < -0.4 is 10.6 Å². The Bertz CT molecular complexity index is 851. The van der Waals surface area contributed by atoms with Crippen molar-refractivity contribution in [1.29, 1.82) is 0 Å². The van der Waals surface area contributed by atoms with Gasteiger partial charge in [-0.2, -0.15) is 0 Å². The molecule has 0 aliphatic rings. The van der Waals surface area contributed by atoms with Crippen LogP contribution in [0, 0.1) is 20.8 Å². The highest BCUT2D eigenvalue weighted by Crippen LogP contribution is 2.24. The van der Waals surface area contributed by atoms with Gasteiger partial charge in [-0.15, -0.1) is 11.3 Å². The molecular formula is C18H18N4OS. The normalized spacial score (nSPS) is 10.5. The fourth-order valence-electron chi connectivity index (χ4n) is 2.54. The number of aryl methyl sites for hydroxylation is 3. The lowest BCUT2D eigenvalue weighted by Gasteiger charge is -2.11. The van der Waals surface area contributed by atoms with E-state index in [1.54, 1.807) is 11.6 Å². The zero-order chi connectivity index (χ0) is 17.1. The second kappa shape index (κ2) is 6.80. The summed E-state index contributed by atoms with van der Waals surface area (Å²) in [5.41, 5.74) is 4.50. The third-order valence-corrected chi connectivity index (χ3v) is 4.31. The summed E-state index contributed by atoms with van der Waals surface area (Å²) in [6.07, 6.45) is 1.70. The van der Waals surface area contributed by atoms with Gasteiger partial charge in [0, 0.05) is 17.3 Å². The molecule has 0 spiro atoms. The van der Waals surface area contributed by atoms with E-state index in [-0.39, 0.29) is 5.91 Å². The zero-order valence-corrected chi connectivity index (χ0v) is 14.6. The van der Waals surface area contributed by atoms with Crippen molar-refractivity contribution in [2.24, 2.45) is 0 Å². The molecule has 2 N–H and O–H groups in total. The molecule has 1 amide bonds. The molecule has 0 atom stereocenters. The largest absolute Gasteiger partial charge is 0.320 e. The Morgan fingerprint density at radius 3 is 2.54 bits per heavy atom. The van der Waals surface area contributed by atoms with Crippen molar-refractivity contribution in [2.45, 2.75) is 20.8 Å². The average molecular weight is 338 g/mol. The standard InChI is InChI=1S/C18H18N4OS/c1-11-8-12(2)16(13(3)9-11)22-17(23)14-10-24-18(20-14)21-15-6-4-5-7-19-15/h4-10H,1-3H3,(H,22,23)(H,19,20,21). The van der Waals surface area contributed by atoms with Gasteiger partial charge in [0.2, 0.25) is 0 Å². The van der Waals surface area contributed by atoms with Crippen LogP contribution in [0.1, 0.15) is 27.2 Å². The molecule has 0 aliphatic heterocycles. The summed E-state index contributed by atoms with van der Waals surface area (Å²) >= 11 is 1.37. The smallest absolute Gasteiger partial charge is 0.275 e. The van der Waals surface area contributed by atoms with Gasteiger partial charge in [-0.25, -0.2) is 9.97 Å². The number of hydrogen-bond acceptors (Lipinski definition) is 5. The van der Waals surface area contributed by atoms with Crippen molar-refractivity contribution in [2.75, 3.05) is 10.6 Å². The molecule has 0 saturated heterocycles. The minimum atomic E-state index is -0.213. The summed E-state index contributed by atoms with van der Waals surface area (Å²) in [5, 5.41) is 8.42. The van der Waals surface area contributed by atoms with E-state index in [4.69, 9.17) is 0 Å². The summed E-state index contributed by atoms with van der Waals surface area (Å²) in [4.78, 5) is 21.0. The predicted molar refractivity (Wildman–Crippen MR) is 98.2 cm³/mol. The van der Waals surface area contributed by atoms with Crippen molar-refractivity contribution in [3.63, 3.8) is 0 Å². The molecule has 0 radical (unpaired) electrons. The Morgan fingerprint density at radius 1 is 1.12 bits per heavy atom. The van der Waals surface area contributed by atoms with Gasteiger partial charge in [0.25, 0.3) is 5.91 Å². The molecule has 3 rings (SSSR count). The van der Waals surface area contributed by atoms with Gasteiger partial charge < -0.3 is 10.6 Å². The number of aromatic nitrogens is 2. The number of amides is 1. The number of carbonyl (C=O) groups is 1. The third-order valence-electron chi connectivity index (χ3n) is 3.55. The molecule has 122 valence electrons. The second-order valence-corrected chi connectivity index (χ2v) is 6.46. The number of anilines is 3. The van der Waals surface area contributed by atoms with E-state index in [1.807, 2.05) is 39.0 Å². The van der Waals surface area contributed by atoms with Crippen LogP contribution in [0.3, 0.4) is 0 Å². The van der Waals surface area contributed by atoms with Crippen LogP contribution in [-0.2, 0) is 0 Å². The van der Waals surface area contributed by atoms with Crippen LogP contribution in [0.15, 0.2) is 41.9 Å². The van der Waals surface area contributed by atoms with Crippen molar-refractivity contribution in [3.8, 4) is 0 Å². The molecule has 0 saturated carbocycles. The summed E-state index contributed by atoms with van der Waals surface area (Å²) in [7, 11) is 0. The highest BCUT2D eigenvalue weighted by atomic mass is 32.1. The minimum Gasteiger partial charge on any atom is -0.320 e. The van der Waals surface area contributed by atoms with Gasteiger partial charge in [0.1, 0.15) is 11.5 Å². The zero-order valence-electron chi connectivity index (χ0n) is 13.8. The minimum absolute atomic E-state index is 0.213. The molecule has 2 heterocycles. The second-order valence-electron chi connectivity index (χ2n) is 5.61. The lowest BCUT2D eigenvalue weighted by atomic mass is 10.1. The van der Waals surface area contributed by atoms with Gasteiger partial charge in [0.15, 0.2) is 5.13 Å². The third kappa shape index (κ3) is 3.60. The highest BCUT2D eigenvalue weighted by molar-refractivity contribution is 7.14. The lowest BCUT2D eigenvalue weighted by molar-refractivity contribution is 0.102. The van der Waals surface area contributed by atoms with Gasteiger partial charge in [-0.3, -0.25) is 4.79 Å². The van der Waals surface area contributed by atoms with E-state index >= 15 is 0 Å². The number of thiazole rings is 1. The Morgan fingerprint density at radius 2 is 1.88 bits per heavy atom. The van der Waals surface area contributed by atoms with E-state index in [2.05, 4.69) is 32.7 Å². The number of nitrogens with one attached hydrogen (secondary N) is 2. The first-order chi connectivity index (χ1) is 11.5. The van der Waals surface area contributed by atoms with Gasteiger partial charge in [0.05, 0.1) is 0 Å². The fraction of sp³-hybridized carbons (Fsp3) is 0.167. The van der Waals surface area contributed by atoms with Crippen LogP contribution in [0.4, 0.5) is 16.6 Å². The van der Waals surface area contributed by atoms with Gasteiger partial charge >= 0.3 is 0 Å². The molecule has 0 aliphatic carbocycles. The molecular weight excluding hydrogens is 320 g/mol. The Labute approximate surface area is 144 Å². The number of benzene rings is 1. The van der Waals surface area contributed by atoms with Crippen LogP contribution in [0.2, 0.25) is 0 Å². The fourth-order valence-corrected chi connectivity index (χ4v) is 3.23. The maximum Gasteiger partial charge on any atom is 0.275 e. The molecule has 0 fully saturated rings. The number of pyridine rings is 1. The van der Waals surface area contributed by atoms with Gasteiger partial charge in [-0.1, -0.05) is 23.8 Å². The van der Waals surface area contributed by atoms with E-state index in [1.165, 1.54) is 16.9 Å². The molecule has 24 heavy (non-hydrogen) atoms. The van der Waals surface area contributed by atoms with E-state index in [9.17, 15) is 4.79 Å². The molecule has 0 unspecified atom stereocenters. The maximum absolute atomic E-state index is 12.5. The Hall–Kier alpha value is -2.73. The Balaban J connectivity index is 1.75. The molecule has 2 aromatic heterocycles. The topological polar surface area (TPSA) is 66.9 Å². The van der Waals surface area contributed by atoms with Crippen molar-refractivity contribution >= 4 is 33.9 Å². The van der Waals surface area contributed by atoms with E-state index in [0.717, 1.165) is 16.8 Å². The quantitative estimate of drug-likeness (QED) is 0.737. The van der Waals surface area contributed by atoms with E-state index in [0.29, 0.717) is 16.6 Å². The highest BCUT2D eigenvalue weighted by Gasteiger charge is 2.14. The molecule has 1 aromatic carbocycles. The van der Waals surface area contributed by atoms with Crippen LogP contribution in [-0.4, -0.2) is 15.9 Å². The van der Waals surface area contributed by atoms with Crippen molar-refractivity contribution in [3.05, 3.63) is 64.3 Å². The molecule has 0 bridgehead atoms. The van der Waals surface area contributed by atoms with Crippen molar-refractivity contribution < 1.29 is 4.79 Å². The molecule has 3 aromatic rings. The SMILES string of the molecule is Cc1cc(C)c(NC(=O)c2csc(Nc3ccccn3)n2)c(C)c1. The monoisotopic (exact) mass is 338 g/mol. The maximum atomic E-state index is 12.5. The summed E-state index contributed by atoms with van der Waals surface area (Å²) < 4.78 is 0. The number of hydrogen-bond donors (Lipinski definition) is 2. The number of nitrogens with zero attached hydrogens (tertiary/aromatic N) is 2. The predicted octanol–water partition coefficient (Wildman–Crippen LogP) is 4.46. The molecule has 6 heteroatoms. The first-order valence-corrected chi connectivity index (χ1v) is 8.43. The summed E-state index contributed by atoms with van der Waals surface area (Å²) in [6, 6.07) is 9.69. The number of carbonyl (C=O) groups excluding carboxylic acids is 1. The summed E-state index contributed by atoms with van der Waals surface area (Å²) in [5.74, 6) is 0.486. The lowest BCUT2D eigenvalue weighted by Crippen LogP contribution is -2.14. The van der Waals surface area contributed by atoms with Crippen LogP contribution in [0.5, 0.6) is 0 Å². The Kier molecular flexibility index (Phi) is 4.57.